The molecule has 2 aromatic heterocycles. The van der Waals surface area contributed by atoms with Crippen LogP contribution < -0.4 is 19.7 Å². The average Bonchev–Trinajstić information content (AvgIpc) is 3.52. The van der Waals surface area contributed by atoms with Gasteiger partial charge in [-0.25, -0.2) is 18.0 Å². The minimum atomic E-state index is -2.49. The predicted octanol–water partition coefficient (Wildman–Crippen LogP) is 7.83. The molecule has 0 saturated carbocycles. The number of anilines is 1. The molecule has 0 aliphatic rings. The number of hydrogen-bond acceptors (Lipinski definition) is 6. The summed E-state index contributed by atoms with van der Waals surface area (Å²) < 4.78 is 63.9. The maximum atomic E-state index is 14.0. The minimum absolute atomic E-state index is 0.0765. The van der Waals surface area contributed by atoms with Gasteiger partial charge >= 0.3 is 0 Å². The van der Waals surface area contributed by atoms with Crippen LogP contribution in [0.2, 0.25) is 0 Å². The summed E-state index contributed by atoms with van der Waals surface area (Å²) in [6.07, 6.45) is 0. The molecule has 0 bridgehead atoms. The molecule has 1 unspecified atom stereocenters. The molecule has 2 heterocycles. The summed E-state index contributed by atoms with van der Waals surface area (Å²) >= 11 is -2.49. The fourth-order valence-corrected chi connectivity index (χ4v) is 6.31. The molecular formula is C39H34F2N4O6S. The first kappa shape index (κ1) is 35.9. The van der Waals surface area contributed by atoms with Gasteiger partial charge in [0.1, 0.15) is 29.6 Å². The summed E-state index contributed by atoms with van der Waals surface area (Å²) in [5, 5.41) is 5.87. The van der Waals surface area contributed by atoms with Gasteiger partial charge in [0.25, 0.3) is 23.1 Å². The highest BCUT2D eigenvalue weighted by Gasteiger charge is 2.27. The number of amides is 2. The van der Waals surface area contributed by atoms with Gasteiger partial charge in [0, 0.05) is 36.2 Å². The summed E-state index contributed by atoms with van der Waals surface area (Å²) in [5.74, 6) is -1.61. The number of hydrogen-bond donors (Lipinski definition) is 3. The van der Waals surface area contributed by atoms with Crippen LogP contribution in [-0.4, -0.2) is 39.2 Å². The number of halogens is 2. The average molecular weight is 725 g/mol. The molecule has 10 nitrogen and oxygen atoms in total. The van der Waals surface area contributed by atoms with Gasteiger partial charge in [-0.1, -0.05) is 42.5 Å². The van der Waals surface area contributed by atoms with Crippen LogP contribution >= 0.6 is 0 Å². The van der Waals surface area contributed by atoms with Crippen molar-refractivity contribution in [2.45, 2.75) is 26.5 Å². The highest BCUT2D eigenvalue weighted by molar-refractivity contribution is 7.80. The third-order valence-electron chi connectivity index (χ3n) is 8.42. The Labute approximate surface area is 300 Å². The SMILES string of the molecule is CCN(c1cc2oc(-c3ccc(F)cc3)c(C(=O)NC)c2cc1-c1ccc(OCc2ccccc2)c(C(=O)N[C@H](C)c2ccc(F)cc2)n1)S(=O)O. The van der Waals surface area contributed by atoms with E-state index in [9.17, 15) is 27.1 Å². The molecule has 0 spiro atoms. The lowest BCUT2D eigenvalue weighted by atomic mass is 10.0. The second-order valence-corrected chi connectivity index (χ2v) is 12.6. The highest BCUT2D eigenvalue weighted by Crippen LogP contribution is 2.41. The zero-order valence-electron chi connectivity index (χ0n) is 28.4. The molecule has 0 radical (unpaired) electrons. The second-order valence-electron chi connectivity index (χ2n) is 11.7. The highest BCUT2D eigenvalue weighted by atomic mass is 32.2. The minimum Gasteiger partial charge on any atom is -0.486 e. The van der Waals surface area contributed by atoms with E-state index in [2.05, 4.69) is 10.6 Å². The second kappa shape index (κ2) is 15.5. The summed E-state index contributed by atoms with van der Waals surface area (Å²) in [7, 11) is 1.46. The number of furan rings is 1. The lowest BCUT2D eigenvalue weighted by molar-refractivity contribution is 0.0928. The molecular weight excluding hydrogens is 691 g/mol. The zero-order chi connectivity index (χ0) is 36.9. The predicted molar refractivity (Wildman–Crippen MR) is 195 cm³/mol. The van der Waals surface area contributed by atoms with Crippen LogP contribution in [-0.2, 0) is 17.9 Å². The number of ether oxygens (including phenoxy) is 1. The first-order valence-electron chi connectivity index (χ1n) is 16.3. The Balaban J connectivity index is 1.52. The molecule has 266 valence electrons. The van der Waals surface area contributed by atoms with E-state index in [0.29, 0.717) is 22.1 Å². The lowest BCUT2D eigenvalue weighted by Gasteiger charge is -2.22. The van der Waals surface area contributed by atoms with Gasteiger partial charge in [-0.3, -0.25) is 18.4 Å². The number of carbonyl (C=O) groups excluding carboxylic acids is 2. The Morgan fingerprint density at radius 2 is 1.62 bits per heavy atom. The number of pyridine rings is 1. The van der Waals surface area contributed by atoms with Gasteiger partial charge in [-0.2, -0.15) is 0 Å². The van der Waals surface area contributed by atoms with Crippen molar-refractivity contribution in [3.63, 3.8) is 0 Å². The standard InChI is InChI=1S/C39H34F2N4O6S/c1-4-45(52(48)49)32-21-34-30(35(38(46)42-3)37(51-34)26-12-16-28(41)17-13-26)20-29(32)31-18-19-33(50-22-24-8-6-5-7-9-24)36(44-31)39(47)43-23(2)25-10-14-27(40)15-11-25/h5-21,23H,4,22H2,1-3H3,(H,42,46)(H,43,47)(H,48,49)/t23-/m1/s1. The molecule has 0 aliphatic carbocycles. The van der Waals surface area contributed by atoms with Crippen molar-refractivity contribution in [1.29, 1.82) is 0 Å². The van der Waals surface area contributed by atoms with Crippen molar-refractivity contribution in [1.82, 2.24) is 15.6 Å². The normalized spacial score (nSPS) is 12.3. The first-order chi connectivity index (χ1) is 25.1. The molecule has 6 rings (SSSR count). The van der Waals surface area contributed by atoms with E-state index in [4.69, 9.17) is 14.1 Å². The van der Waals surface area contributed by atoms with E-state index in [1.165, 1.54) is 53.8 Å². The zero-order valence-corrected chi connectivity index (χ0v) is 29.2. The Bertz CT molecular complexity index is 2260. The van der Waals surface area contributed by atoms with Crippen LogP contribution in [0.1, 0.15) is 51.9 Å². The van der Waals surface area contributed by atoms with E-state index in [-0.39, 0.29) is 52.9 Å². The number of rotatable bonds is 12. The fraction of sp³-hybridized carbons (Fsp3) is 0.154. The molecule has 0 aliphatic heterocycles. The third-order valence-corrected chi connectivity index (χ3v) is 9.25. The van der Waals surface area contributed by atoms with E-state index < -0.39 is 40.8 Å². The summed E-state index contributed by atoms with van der Waals surface area (Å²) in [4.78, 5) is 32.0. The smallest absolute Gasteiger partial charge is 0.274 e. The topological polar surface area (TPSA) is 134 Å². The van der Waals surface area contributed by atoms with Crippen molar-refractivity contribution < 1.29 is 36.3 Å². The maximum absolute atomic E-state index is 14.0. The van der Waals surface area contributed by atoms with Crippen LogP contribution in [0.3, 0.4) is 0 Å². The fourth-order valence-electron chi connectivity index (χ4n) is 5.77. The summed E-state index contributed by atoms with van der Waals surface area (Å²) in [5.41, 5.74) is 3.00. The molecule has 0 fully saturated rings. The first-order valence-corrected chi connectivity index (χ1v) is 17.4. The monoisotopic (exact) mass is 724 g/mol. The summed E-state index contributed by atoms with van der Waals surface area (Å²) in [6, 6.07) is 26.4. The van der Waals surface area contributed by atoms with Gasteiger partial charge in [0.15, 0.2) is 11.4 Å². The van der Waals surface area contributed by atoms with Crippen molar-refractivity contribution in [3.05, 3.63) is 137 Å². The van der Waals surface area contributed by atoms with E-state index in [1.54, 1.807) is 44.2 Å². The molecule has 2 amide bonds. The molecule has 4 aromatic carbocycles. The van der Waals surface area contributed by atoms with Crippen molar-refractivity contribution >= 4 is 39.7 Å². The number of carbonyl (C=O) groups is 2. The number of nitrogens with one attached hydrogen (secondary N) is 2. The number of fused-ring (bicyclic) bond motifs is 1. The van der Waals surface area contributed by atoms with Gasteiger partial charge in [0.2, 0.25) is 0 Å². The third kappa shape index (κ3) is 7.55. The van der Waals surface area contributed by atoms with Gasteiger partial charge in [0.05, 0.1) is 23.0 Å². The van der Waals surface area contributed by atoms with Crippen LogP contribution in [0.25, 0.3) is 33.6 Å². The van der Waals surface area contributed by atoms with E-state index in [0.717, 1.165) is 5.56 Å². The number of aromatic nitrogens is 1. The maximum Gasteiger partial charge on any atom is 0.274 e. The largest absolute Gasteiger partial charge is 0.486 e. The molecule has 6 aromatic rings. The van der Waals surface area contributed by atoms with E-state index in [1.807, 2.05) is 30.3 Å². The number of nitrogens with zero attached hydrogens (tertiary/aromatic N) is 2. The van der Waals surface area contributed by atoms with Gasteiger partial charge < -0.3 is 19.8 Å². The summed E-state index contributed by atoms with van der Waals surface area (Å²) in [6.45, 7) is 3.67. The van der Waals surface area contributed by atoms with E-state index >= 15 is 0 Å². The van der Waals surface area contributed by atoms with Crippen LogP contribution in [0.5, 0.6) is 5.75 Å². The Hall–Kier alpha value is -5.92. The lowest BCUT2D eigenvalue weighted by Crippen LogP contribution is -2.28. The van der Waals surface area contributed by atoms with Crippen LogP contribution in [0.15, 0.2) is 108 Å². The molecule has 13 heteroatoms. The van der Waals surface area contributed by atoms with Crippen LogP contribution in [0, 0.1) is 11.6 Å². The van der Waals surface area contributed by atoms with Gasteiger partial charge in [-0.05, 0) is 79.6 Å². The molecule has 0 saturated heterocycles. The molecule has 2 atom stereocenters. The molecule has 52 heavy (non-hydrogen) atoms. The number of benzene rings is 4. The van der Waals surface area contributed by atoms with Crippen molar-refractivity contribution in [2.75, 3.05) is 17.9 Å². The molecule has 3 N–H and O–H groups in total. The van der Waals surface area contributed by atoms with Gasteiger partial charge in [-0.15, -0.1) is 0 Å². The van der Waals surface area contributed by atoms with Crippen LogP contribution in [0.4, 0.5) is 14.5 Å². The quantitative estimate of drug-likeness (QED) is 0.110. The van der Waals surface area contributed by atoms with Crippen molar-refractivity contribution in [3.8, 4) is 28.3 Å². The Morgan fingerprint density at radius 3 is 2.25 bits per heavy atom. The van der Waals surface area contributed by atoms with Crippen molar-refractivity contribution in [2.24, 2.45) is 0 Å². The Kier molecular flexibility index (Phi) is 10.7. The Morgan fingerprint density at radius 1 is 0.942 bits per heavy atom.